The highest BCUT2D eigenvalue weighted by Gasteiger charge is 2.21. The van der Waals surface area contributed by atoms with Crippen LogP contribution < -0.4 is 16.4 Å². The first-order valence-corrected chi connectivity index (χ1v) is 7.25. The lowest BCUT2D eigenvalue weighted by atomic mass is 10.0. The van der Waals surface area contributed by atoms with Gasteiger partial charge in [-0.25, -0.2) is 0 Å². The van der Waals surface area contributed by atoms with E-state index in [-0.39, 0.29) is 28.3 Å². The molecule has 0 aliphatic rings. The Morgan fingerprint density at radius 2 is 1.91 bits per heavy atom. The maximum absolute atomic E-state index is 12.3. The van der Waals surface area contributed by atoms with Gasteiger partial charge in [-0.1, -0.05) is 25.4 Å². The first kappa shape index (κ1) is 18.0. The molecule has 0 spiro atoms. The fraction of sp³-hybridized carbons (Fsp3) is 0.400. The molecule has 0 saturated heterocycles. The average Bonchev–Trinajstić information content (AvgIpc) is 2.38. The van der Waals surface area contributed by atoms with Gasteiger partial charge in [0.15, 0.2) is 0 Å². The molecule has 1 atom stereocenters. The summed E-state index contributed by atoms with van der Waals surface area (Å²) in [5, 5.41) is 5.48. The van der Waals surface area contributed by atoms with Crippen LogP contribution in [0.1, 0.15) is 37.6 Å². The van der Waals surface area contributed by atoms with E-state index in [1.54, 1.807) is 6.07 Å². The largest absolute Gasteiger partial charge is 0.366 e. The monoisotopic (exact) mass is 325 g/mol. The summed E-state index contributed by atoms with van der Waals surface area (Å²) >= 11 is 5.86. The zero-order chi connectivity index (χ0) is 16.9. The third kappa shape index (κ3) is 5.37. The van der Waals surface area contributed by atoms with Gasteiger partial charge >= 0.3 is 0 Å². The summed E-state index contributed by atoms with van der Waals surface area (Å²) in [6.45, 7) is 5.26. The Hall–Kier alpha value is -2.08. The van der Waals surface area contributed by atoms with E-state index < -0.39 is 11.9 Å². The second kappa shape index (κ2) is 7.79. The van der Waals surface area contributed by atoms with Crippen LogP contribution in [0, 0.1) is 5.92 Å². The van der Waals surface area contributed by atoms with Crippen molar-refractivity contribution in [2.45, 2.75) is 33.2 Å². The molecule has 0 radical (unpaired) electrons. The van der Waals surface area contributed by atoms with Gasteiger partial charge in [0, 0.05) is 12.6 Å². The molecule has 0 saturated carbocycles. The van der Waals surface area contributed by atoms with Crippen LogP contribution in [0.3, 0.4) is 0 Å². The minimum absolute atomic E-state index is 0.124. The van der Waals surface area contributed by atoms with Gasteiger partial charge in [-0.05, 0) is 30.5 Å². The number of carbonyl (C=O) groups excluding carboxylic acids is 3. The summed E-state index contributed by atoms with van der Waals surface area (Å²) in [4.78, 5) is 34.7. The number of hydrogen-bond donors (Lipinski definition) is 3. The summed E-state index contributed by atoms with van der Waals surface area (Å²) in [6, 6.07) is 3.80. The third-order valence-electron chi connectivity index (χ3n) is 2.90. The third-order valence-corrected chi connectivity index (χ3v) is 3.23. The molecule has 0 heterocycles. The summed E-state index contributed by atoms with van der Waals surface area (Å²) in [5.74, 6) is -1.09. The van der Waals surface area contributed by atoms with Crippen molar-refractivity contribution in [2.24, 2.45) is 11.7 Å². The van der Waals surface area contributed by atoms with Gasteiger partial charge in [-0.15, -0.1) is 0 Å². The topological polar surface area (TPSA) is 101 Å². The number of hydrogen-bond acceptors (Lipinski definition) is 3. The molecule has 3 amide bonds. The highest BCUT2D eigenvalue weighted by Crippen LogP contribution is 2.20. The van der Waals surface area contributed by atoms with Gasteiger partial charge in [-0.2, -0.15) is 0 Å². The van der Waals surface area contributed by atoms with Crippen LogP contribution in [0.4, 0.5) is 5.69 Å². The van der Waals surface area contributed by atoms with Crippen LogP contribution in [0.2, 0.25) is 5.02 Å². The molecule has 120 valence electrons. The Morgan fingerprint density at radius 1 is 1.27 bits per heavy atom. The molecule has 0 bridgehead atoms. The van der Waals surface area contributed by atoms with E-state index in [1.807, 2.05) is 13.8 Å². The summed E-state index contributed by atoms with van der Waals surface area (Å²) in [7, 11) is 0. The lowest BCUT2D eigenvalue weighted by Crippen LogP contribution is -2.43. The number of carbonyl (C=O) groups is 3. The van der Waals surface area contributed by atoms with Crippen LogP contribution in [0.25, 0.3) is 0 Å². The van der Waals surface area contributed by atoms with E-state index >= 15 is 0 Å². The minimum Gasteiger partial charge on any atom is -0.366 e. The lowest BCUT2D eigenvalue weighted by molar-refractivity contribution is -0.125. The molecule has 1 aromatic carbocycles. The zero-order valence-corrected chi connectivity index (χ0v) is 13.5. The van der Waals surface area contributed by atoms with Crippen molar-refractivity contribution in [1.29, 1.82) is 0 Å². The van der Waals surface area contributed by atoms with E-state index in [1.165, 1.54) is 19.1 Å². The number of nitrogens with two attached hydrogens (primary N) is 1. The predicted octanol–water partition coefficient (Wildman–Crippen LogP) is 1.93. The predicted molar refractivity (Wildman–Crippen MR) is 85.7 cm³/mol. The van der Waals surface area contributed by atoms with Gasteiger partial charge in [0.2, 0.25) is 17.7 Å². The van der Waals surface area contributed by atoms with Crippen molar-refractivity contribution in [3.8, 4) is 0 Å². The van der Waals surface area contributed by atoms with Crippen molar-refractivity contribution in [3.05, 3.63) is 28.8 Å². The Kier molecular flexibility index (Phi) is 6.37. The molecule has 1 unspecified atom stereocenters. The lowest BCUT2D eigenvalue weighted by Gasteiger charge is -2.19. The van der Waals surface area contributed by atoms with Gasteiger partial charge in [-0.3, -0.25) is 14.4 Å². The number of halogens is 1. The SMILES string of the molecule is CC(=O)NC(CC(C)C)C(=O)Nc1ccc(Cl)c(C(N)=O)c1. The molecule has 1 rings (SSSR count). The van der Waals surface area contributed by atoms with E-state index in [9.17, 15) is 14.4 Å². The van der Waals surface area contributed by atoms with Gasteiger partial charge in [0.1, 0.15) is 6.04 Å². The Bertz CT molecular complexity index is 587. The van der Waals surface area contributed by atoms with Crippen molar-refractivity contribution < 1.29 is 14.4 Å². The fourth-order valence-electron chi connectivity index (χ4n) is 1.97. The molecule has 0 fully saturated rings. The van der Waals surface area contributed by atoms with Crippen molar-refractivity contribution in [3.63, 3.8) is 0 Å². The molecule has 0 aromatic heterocycles. The van der Waals surface area contributed by atoms with Crippen LogP contribution in [0.15, 0.2) is 18.2 Å². The first-order chi connectivity index (χ1) is 10.2. The zero-order valence-electron chi connectivity index (χ0n) is 12.8. The van der Waals surface area contributed by atoms with Crippen molar-refractivity contribution in [2.75, 3.05) is 5.32 Å². The van der Waals surface area contributed by atoms with Crippen molar-refractivity contribution >= 4 is 35.0 Å². The highest BCUT2D eigenvalue weighted by molar-refractivity contribution is 6.34. The van der Waals surface area contributed by atoms with Crippen LogP contribution in [-0.4, -0.2) is 23.8 Å². The van der Waals surface area contributed by atoms with Gasteiger partial charge in [0.25, 0.3) is 0 Å². The summed E-state index contributed by atoms with van der Waals surface area (Å²) < 4.78 is 0. The normalized spacial score (nSPS) is 11.9. The average molecular weight is 326 g/mol. The number of amides is 3. The van der Waals surface area contributed by atoms with E-state index in [0.717, 1.165) is 0 Å². The van der Waals surface area contributed by atoms with Crippen LogP contribution in [-0.2, 0) is 9.59 Å². The van der Waals surface area contributed by atoms with Gasteiger partial charge < -0.3 is 16.4 Å². The number of rotatable bonds is 6. The number of anilines is 1. The Balaban J connectivity index is 2.91. The van der Waals surface area contributed by atoms with Crippen LogP contribution in [0.5, 0.6) is 0 Å². The molecular weight excluding hydrogens is 306 g/mol. The number of benzene rings is 1. The molecular formula is C15H20ClN3O3. The van der Waals surface area contributed by atoms with Crippen LogP contribution >= 0.6 is 11.6 Å². The first-order valence-electron chi connectivity index (χ1n) is 6.88. The van der Waals surface area contributed by atoms with Crippen molar-refractivity contribution in [1.82, 2.24) is 5.32 Å². The quantitative estimate of drug-likeness (QED) is 0.744. The summed E-state index contributed by atoms with van der Waals surface area (Å²) in [5.41, 5.74) is 5.73. The Labute approximate surface area is 134 Å². The van der Waals surface area contributed by atoms with E-state index in [4.69, 9.17) is 17.3 Å². The standard InChI is InChI=1S/C15H20ClN3O3/c1-8(2)6-13(18-9(3)20)15(22)19-10-4-5-12(16)11(7-10)14(17)21/h4-5,7-8,13H,6H2,1-3H3,(H2,17,21)(H,18,20)(H,19,22). The summed E-state index contributed by atoms with van der Waals surface area (Å²) in [6.07, 6.45) is 0.502. The number of primary amides is 1. The fourth-order valence-corrected chi connectivity index (χ4v) is 2.18. The van der Waals surface area contributed by atoms with Gasteiger partial charge in [0.05, 0.1) is 10.6 Å². The molecule has 6 nitrogen and oxygen atoms in total. The van der Waals surface area contributed by atoms with E-state index in [0.29, 0.717) is 12.1 Å². The molecule has 7 heteroatoms. The molecule has 4 N–H and O–H groups in total. The molecule has 0 aliphatic carbocycles. The maximum Gasteiger partial charge on any atom is 0.250 e. The molecule has 22 heavy (non-hydrogen) atoms. The van der Waals surface area contributed by atoms with E-state index in [2.05, 4.69) is 10.6 Å². The molecule has 1 aromatic rings. The minimum atomic E-state index is -0.679. The second-order valence-electron chi connectivity index (χ2n) is 5.43. The highest BCUT2D eigenvalue weighted by atomic mass is 35.5. The number of nitrogens with one attached hydrogen (secondary N) is 2. The smallest absolute Gasteiger partial charge is 0.250 e. The molecule has 0 aliphatic heterocycles. The second-order valence-corrected chi connectivity index (χ2v) is 5.84. The maximum atomic E-state index is 12.3. The Morgan fingerprint density at radius 3 is 2.41 bits per heavy atom.